The summed E-state index contributed by atoms with van der Waals surface area (Å²) in [7, 11) is 4.15. The molecule has 0 spiro atoms. The maximum absolute atomic E-state index is 7.10. The van der Waals surface area contributed by atoms with Gasteiger partial charge in [0.15, 0.2) is 0 Å². The van der Waals surface area contributed by atoms with Gasteiger partial charge in [0, 0.05) is 12.2 Å². The minimum absolute atomic E-state index is 1.11. The maximum Gasteiger partial charge on any atom is 0.229 e. The number of nitrogens with one attached hydrogen (secondary N) is 1. The minimum atomic E-state index is 1.11. The van der Waals surface area contributed by atoms with Crippen molar-refractivity contribution in [3.8, 4) is 5.97 Å². The Kier molecular flexibility index (Phi) is 3.22. The van der Waals surface area contributed by atoms with Gasteiger partial charge in [-0.25, -0.2) is 5.26 Å². The molecular weight excluding hydrogens is 147 g/mol. The fraction of sp³-hybridized carbons (Fsp3) is 0.222. The van der Waals surface area contributed by atoms with Crippen molar-refractivity contribution in [2.24, 2.45) is 0 Å². The molecular formula is C9H9BN2. The van der Waals surface area contributed by atoms with Gasteiger partial charge >= 0.3 is 0 Å². The van der Waals surface area contributed by atoms with Crippen LogP contribution in [0.4, 0.5) is 5.69 Å². The predicted molar refractivity (Wildman–Crippen MR) is 50.0 cm³/mol. The van der Waals surface area contributed by atoms with Gasteiger partial charge in [0.05, 0.1) is 0 Å². The zero-order valence-electron chi connectivity index (χ0n) is 6.75. The second-order valence-electron chi connectivity index (χ2n) is 2.46. The van der Waals surface area contributed by atoms with Crippen LogP contribution in [0.1, 0.15) is 5.56 Å². The summed E-state index contributed by atoms with van der Waals surface area (Å²) in [6.45, 7) is 1.11. The zero-order valence-corrected chi connectivity index (χ0v) is 6.75. The number of benzene rings is 1. The molecule has 0 aromatic heterocycles. The molecule has 58 valence electrons. The molecule has 0 fully saturated rings. The summed E-state index contributed by atoms with van der Waals surface area (Å²) in [5.41, 5.74) is 2.77. The standard InChI is InChI=1S/C8H9N.CBN/c1-2-4-8-7(3-1)5-6-9-8;2-1-3/h1-4,9H,5-6H2;. The number of hydrogen-bond donors (Lipinski definition) is 1. The number of nitriles is 1. The Balaban J connectivity index is 0.000000213. The van der Waals surface area contributed by atoms with Gasteiger partial charge in [0.1, 0.15) is 0 Å². The van der Waals surface area contributed by atoms with Crippen LogP contribution in [-0.4, -0.2) is 14.4 Å². The Morgan fingerprint density at radius 1 is 1.42 bits per heavy atom. The molecule has 0 saturated carbocycles. The summed E-state index contributed by atoms with van der Waals surface area (Å²) in [6.07, 6.45) is 1.19. The van der Waals surface area contributed by atoms with Crippen molar-refractivity contribution in [3.05, 3.63) is 29.8 Å². The van der Waals surface area contributed by atoms with Crippen LogP contribution in [0.2, 0.25) is 0 Å². The molecule has 1 aromatic rings. The summed E-state index contributed by atoms with van der Waals surface area (Å²) < 4.78 is 0. The molecule has 0 unspecified atom stereocenters. The third-order valence-corrected chi connectivity index (χ3v) is 1.73. The molecule has 12 heavy (non-hydrogen) atoms. The lowest BCUT2D eigenvalue weighted by molar-refractivity contribution is 1.11. The van der Waals surface area contributed by atoms with E-state index in [1.54, 1.807) is 0 Å². The lowest BCUT2D eigenvalue weighted by Gasteiger charge is -1.94. The van der Waals surface area contributed by atoms with Gasteiger partial charge in [-0.15, -0.1) is 0 Å². The molecule has 2 rings (SSSR count). The highest BCUT2D eigenvalue weighted by molar-refractivity contribution is 6.20. The highest BCUT2D eigenvalue weighted by Gasteiger charge is 2.05. The first-order valence-electron chi connectivity index (χ1n) is 3.80. The van der Waals surface area contributed by atoms with Crippen LogP contribution < -0.4 is 5.32 Å². The highest BCUT2D eigenvalue weighted by atomic mass is 14.9. The molecule has 0 bridgehead atoms. The molecule has 1 N–H and O–H groups in total. The number of anilines is 1. The van der Waals surface area contributed by atoms with Crippen LogP contribution in [0.3, 0.4) is 0 Å². The molecule has 1 aliphatic heterocycles. The van der Waals surface area contributed by atoms with E-state index in [0.29, 0.717) is 0 Å². The van der Waals surface area contributed by atoms with Crippen molar-refractivity contribution in [2.45, 2.75) is 6.42 Å². The van der Waals surface area contributed by atoms with Crippen LogP contribution in [-0.2, 0) is 6.42 Å². The molecule has 1 aliphatic rings. The Bertz CT molecular complexity index is 268. The van der Waals surface area contributed by atoms with Crippen LogP contribution in [0, 0.1) is 11.2 Å². The quantitative estimate of drug-likeness (QED) is 0.574. The Morgan fingerprint density at radius 2 is 2.08 bits per heavy atom. The van der Waals surface area contributed by atoms with Crippen molar-refractivity contribution in [1.29, 1.82) is 5.26 Å². The lowest BCUT2D eigenvalue weighted by Crippen LogP contribution is -1.90. The van der Waals surface area contributed by atoms with Crippen LogP contribution in [0.5, 0.6) is 0 Å². The van der Waals surface area contributed by atoms with Crippen molar-refractivity contribution in [3.63, 3.8) is 0 Å². The van der Waals surface area contributed by atoms with E-state index < -0.39 is 0 Å². The molecule has 1 heterocycles. The first-order chi connectivity index (χ1) is 5.88. The largest absolute Gasteiger partial charge is 0.384 e. The van der Waals surface area contributed by atoms with E-state index in [0.717, 1.165) is 6.54 Å². The van der Waals surface area contributed by atoms with E-state index in [4.69, 9.17) is 5.26 Å². The van der Waals surface area contributed by atoms with Crippen molar-refractivity contribution in [1.82, 2.24) is 0 Å². The molecule has 2 radical (unpaired) electrons. The number of fused-ring (bicyclic) bond motifs is 1. The zero-order chi connectivity index (χ0) is 8.81. The fourth-order valence-electron chi connectivity index (χ4n) is 1.24. The minimum Gasteiger partial charge on any atom is -0.384 e. The number of nitrogens with zero attached hydrogens (tertiary/aromatic N) is 1. The van der Waals surface area contributed by atoms with E-state index in [1.165, 1.54) is 23.6 Å². The van der Waals surface area contributed by atoms with Crippen molar-refractivity contribution < 1.29 is 0 Å². The van der Waals surface area contributed by atoms with E-state index >= 15 is 0 Å². The second kappa shape index (κ2) is 4.45. The number of rotatable bonds is 0. The van der Waals surface area contributed by atoms with E-state index in [1.807, 2.05) is 0 Å². The molecule has 0 saturated heterocycles. The SMILES string of the molecule is [B]C#N.c1ccc2c(c1)CCN2. The van der Waals surface area contributed by atoms with Crippen LogP contribution in [0.25, 0.3) is 0 Å². The summed E-state index contributed by atoms with van der Waals surface area (Å²) >= 11 is 0. The topological polar surface area (TPSA) is 35.8 Å². The smallest absolute Gasteiger partial charge is 0.229 e. The fourth-order valence-corrected chi connectivity index (χ4v) is 1.24. The molecule has 2 nitrogen and oxygen atoms in total. The Hall–Kier alpha value is -1.43. The molecule has 1 aromatic carbocycles. The van der Waals surface area contributed by atoms with E-state index in [-0.39, 0.29) is 0 Å². The van der Waals surface area contributed by atoms with Crippen LogP contribution >= 0.6 is 0 Å². The Labute approximate surface area is 73.6 Å². The van der Waals surface area contributed by atoms with Gasteiger partial charge in [-0.1, -0.05) is 18.2 Å². The third-order valence-electron chi connectivity index (χ3n) is 1.73. The van der Waals surface area contributed by atoms with Gasteiger partial charge in [0.2, 0.25) is 7.85 Å². The molecule has 0 atom stereocenters. The van der Waals surface area contributed by atoms with Gasteiger partial charge < -0.3 is 5.32 Å². The van der Waals surface area contributed by atoms with E-state index in [9.17, 15) is 0 Å². The average molecular weight is 156 g/mol. The summed E-state index contributed by atoms with van der Waals surface area (Å²) in [6, 6.07) is 8.46. The lowest BCUT2D eigenvalue weighted by atomic mass is 10.2. The normalized spacial score (nSPS) is 11.6. The van der Waals surface area contributed by atoms with Gasteiger partial charge in [0.25, 0.3) is 0 Å². The summed E-state index contributed by atoms with van der Waals surface area (Å²) in [5, 5.41) is 10.4. The number of hydrogen-bond acceptors (Lipinski definition) is 2. The maximum atomic E-state index is 7.10. The van der Waals surface area contributed by atoms with Gasteiger partial charge in [-0.05, 0) is 24.0 Å². The molecule has 0 aliphatic carbocycles. The molecule has 3 heteroatoms. The van der Waals surface area contributed by atoms with Crippen LogP contribution in [0.15, 0.2) is 24.3 Å². The third kappa shape index (κ3) is 2.03. The monoisotopic (exact) mass is 156 g/mol. The highest BCUT2D eigenvalue weighted by Crippen LogP contribution is 2.19. The first kappa shape index (κ1) is 8.67. The predicted octanol–water partition coefficient (Wildman–Crippen LogP) is 1.29. The Morgan fingerprint density at radius 3 is 2.75 bits per heavy atom. The summed E-state index contributed by atoms with van der Waals surface area (Å²) in [5.74, 6) is 1.25. The molecule has 0 amide bonds. The number of para-hydroxylation sites is 1. The summed E-state index contributed by atoms with van der Waals surface area (Å²) in [4.78, 5) is 0. The van der Waals surface area contributed by atoms with Crippen molar-refractivity contribution in [2.75, 3.05) is 11.9 Å². The van der Waals surface area contributed by atoms with Gasteiger partial charge in [-0.3, -0.25) is 0 Å². The average Bonchev–Trinajstić information content (AvgIpc) is 2.52. The van der Waals surface area contributed by atoms with Crippen molar-refractivity contribution >= 4 is 13.5 Å². The second-order valence-corrected chi connectivity index (χ2v) is 2.46. The van der Waals surface area contributed by atoms with E-state index in [2.05, 4.69) is 37.4 Å². The first-order valence-corrected chi connectivity index (χ1v) is 3.80. The van der Waals surface area contributed by atoms with Gasteiger partial charge in [-0.2, -0.15) is 0 Å².